The molecule has 0 aromatic carbocycles. The predicted molar refractivity (Wildman–Crippen MR) is 119 cm³/mol. The zero-order valence-electron chi connectivity index (χ0n) is 17.6. The fourth-order valence-corrected chi connectivity index (χ4v) is 5.45. The standard InChI is InChI=1S/C24H26N6O/c31-21-2-1-20(21)30-14-8-24(16-30)6-12-29(13-7-24)23-18-5-11-26-15-19(18)27-22(28-23)17-3-9-25-10-4-17/h3-5,9-11,15,20H,1-2,6-8,12-14,16H2. The molecular formula is C24H26N6O. The zero-order chi connectivity index (χ0) is 20.8. The van der Waals surface area contributed by atoms with Crippen molar-refractivity contribution in [2.45, 2.75) is 38.1 Å². The molecule has 1 atom stereocenters. The van der Waals surface area contributed by atoms with E-state index >= 15 is 0 Å². The van der Waals surface area contributed by atoms with Crippen molar-refractivity contribution in [3.63, 3.8) is 0 Å². The first-order valence-electron chi connectivity index (χ1n) is 11.2. The molecule has 5 heterocycles. The van der Waals surface area contributed by atoms with E-state index in [1.807, 2.05) is 30.6 Å². The number of hydrogen-bond donors (Lipinski definition) is 0. The number of aromatic nitrogens is 4. The van der Waals surface area contributed by atoms with Crippen LogP contribution in [0.4, 0.5) is 5.82 Å². The Kier molecular flexibility index (Phi) is 4.45. The van der Waals surface area contributed by atoms with Gasteiger partial charge in [-0.05, 0) is 55.8 Å². The number of rotatable bonds is 3. The maximum Gasteiger partial charge on any atom is 0.162 e. The van der Waals surface area contributed by atoms with Crippen molar-refractivity contribution in [1.82, 2.24) is 24.8 Å². The van der Waals surface area contributed by atoms with Gasteiger partial charge in [0.2, 0.25) is 0 Å². The van der Waals surface area contributed by atoms with Crippen LogP contribution in [0.1, 0.15) is 32.1 Å². The van der Waals surface area contributed by atoms with E-state index in [2.05, 4.69) is 19.8 Å². The van der Waals surface area contributed by atoms with Crippen molar-refractivity contribution < 1.29 is 4.79 Å². The van der Waals surface area contributed by atoms with Gasteiger partial charge >= 0.3 is 0 Å². The van der Waals surface area contributed by atoms with Crippen molar-refractivity contribution in [2.75, 3.05) is 31.1 Å². The lowest BCUT2D eigenvalue weighted by Crippen LogP contribution is -2.48. The Hall–Kier alpha value is -2.93. The number of ketones is 1. The van der Waals surface area contributed by atoms with Gasteiger partial charge < -0.3 is 4.90 Å². The van der Waals surface area contributed by atoms with Crippen molar-refractivity contribution in [2.24, 2.45) is 5.41 Å². The summed E-state index contributed by atoms with van der Waals surface area (Å²) in [6.45, 7) is 4.12. The molecule has 2 saturated heterocycles. The van der Waals surface area contributed by atoms with E-state index in [9.17, 15) is 4.79 Å². The molecule has 3 fully saturated rings. The Balaban J connectivity index is 1.26. The highest BCUT2D eigenvalue weighted by molar-refractivity contribution is 5.90. The highest BCUT2D eigenvalue weighted by Crippen LogP contribution is 2.43. The number of fused-ring (bicyclic) bond motifs is 1. The minimum Gasteiger partial charge on any atom is -0.356 e. The Morgan fingerprint density at radius 3 is 2.45 bits per heavy atom. The van der Waals surface area contributed by atoms with E-state index < -0.39 is 0 Å². The van der Waals surface area contributed by atoms with Crippen molar-refractivity contribution in [1.29, 1.82) is 0 Å². The number of likely N-dealkylation sites (tertiary alicyclic amines) is 1. The first kappa shape index (κ1) is 18.8. The van der Waals surface area contributed by atoms with Crippen molar-refractivity contribution in [3.05, 3.63) is 43.0 Å². The summed E-state index contributed by atoms with van der Waals surface area (Å²) in [6, 6.07) is 6.12. The molecule has 0 amide bonds. The molecule has 1 unspecified atom stereocenters. The number of pyridine rings is 2. The second-order valence-electron chi connectivity index (χ2n) is 9.23. The predicted octanol–water partition coefficient (Wildman–Crippen LogP) is 3.11. The minimum atomic E-state index is 0.207. The third-order valence-electron chi connectivity index (χ3n) is 7.49. The number of Topliss-reactive ketones (excluding diaryl/α,β-unsaturated/α-hetero) is 1. The van der Waals surface area contributed by atoms with Crippen molar-refractivity contribution >= 4 is 22.5 Å². The van der Waals surface area contributed by atoms with Crippen LogP contribution in [0, 0.1) is 5.41 Å². The number of nitrogens with zero attached hydrogens (tertiary/aromatic N) is 6. The minimum absolute atomic E-state index is 0.207. The van der Waals surface area contributed by atoms with Crippen LogP contribution in [-0.2, 0) is 4.79 Å². The maximum absolute atomic E-state index is 11.9. The first-order chi connectivity index (χ1) is 15.2. The molecule has 7 nitrogen and oxygen atoms in total. The summed E-state index contributed by atoms with van der Waals surface area (Å²) in [7, 11) is 0. The Morgan fingerprint density at radius 2 is 1.71 bits per heavy atom. The van der Waals surface area contributed by atoms with E-state index in [1.165, 1.54) is 6.42 Å². The summed E-state index contributed by atoms with van der Waals surface area (Å²) in [6.07, 6.45) is 12.5. The largest absolute Gasteiger partial charge is 0.356 e. The Morgan fingerprint density at radius 1 is 0.935 bits per heavy atom. The number of carbonyl (C=O) groups is 1. The number of carbonyl (C=O) groups excluding carboxylic acids is 1. The molecule has 3 aliphatic rings. The van der Waals surface area contributed by atoms with Gasteiger partial charge in [0.05, 0.1) is 17.8 Å². The molecular weight excluding hydrogens is 388 g/mol. The normalized spacial score (nSPS) is 23.4. The third kappa shape index (κ3) is 3.28. The van der Waals surface area contributed by atoms with Gasteiger partial charge in [-0.15, -0.1) is 0 Å². The molecule has 158 valence electrons. The summed E-state index contributed by atoms with van der Waals surface area (Å²) in [5.41, 5.74) is 2.19. The van der Waals surface area contributed by atoms with Crippen molar-refractivity contribution in [3.8, 4) is 11.4 Å². The SMILES string of the molecule is O=C1CCC1N1CCC2(CCN(c3nc(-c4ccncc4)nc4cnccc34)CC2)C1. The van der Waals surface area contributed by atoms with E-state index in [4.69, 9.17) is 9.97 Å². The fraction of sp³-hybridized carbons (Fsp3) is 0.458. The Bertz CT molecular complexity index is 1130. The van der Waals surface area contributed by atoms with Gasteiger partial charge in [0, 0.05) is 55.6 Å². The molecule has 31 heavy (non-hydrogen) atoms. The Labute approximate surface area is 181 Å². The van der Waals surface area contributed by atoms with Crippen LogP contribution < -0.4 is 4.90 Å². The topological polar surface area (TPSA) is 75.1 Å². The molecule has 1 saturated carbocycles. The smallest absolute Gasteiger partial charge is 0.162 e. The van der Waals surface area contributed by atoms with E-state index in [0.717, 1.165) is 74.1 Å². The second kappa shape index (κ2) is 7.34. The lowest BCUT2D eigenvalue weighted by atomic mass is 9.77. The summed E-state index contributed by atoms with van der Waals surface area (Å²) in [5.74, 6) is 2.16. The third-order valence-corrected chi connectivity index (χ3v) is 7.49. The lowest BCUT2D eigenvalue weighted by molar-refractivity contribution is -0.130. The second-order valence-corrected chi connectivity index (χ2v) is 9.23. The zero-order valence-corrected chi connectivity index (χ0v) is 17.6. The van der Waals surface area contributed by atoms with Crippen LogP contribution in [-0.4, -0.2) is 62.8 Å². The van der Waals surface area contributed by atoms with E-state index in [0.29, 0.717) is 17.0 Å². The van der Waals surface area contributed by atoms with Gasteiger partial charge in [-0.1, -0.05) is 0 Å². The van der Waals surface area contributed by atoms with E-state index in [1.54, 1.807) is 12.4 Å². The van der Waals surface area contributed by atoms with Gasteiger partial charge in [0.15, 0.2) is 5.82 Å². The average molecular weight is 415 g/mol. The number of piperidine rings is 1. The van der Waals surface area contributed by atoms with Gasteiger partial charge in [0.1, 0.15) is 11.6 Å². The molecule has 1 spiro atoms. The molecule has 7 heteroatoms. The highest BCUT2D eigenvalue weighted by atomic mass is 16.1. The van der Waals surface area contributed by atoms with Crippen LogP contribution in [0.3, 0.4) is 0 Å². The van der Waals surface area contributed by atoms with Crippen LogP contribution in [0.2, 0.25) is 0 Å². The lowest BCUT2D eigenvalue weighted by Gasteiger charge is -2.41. The van der Waals surface area contributed by atoms with Gasteiger partial charge in [-0.2, -0.15) is 0 Å². The van der Waals surface area contributed by atoms with E-state index in [-0.39, 0.29) is 6.04 Å². The summed E-state index contributed by atoms with van der Waals surface area (Å²) in [4.78, 5) is 34.9. The fourth-order valence-electron chi connectivity index (χ4n) is 5.45. The maximum atomic E-state index is 11.9. The van der Waals surface area contributed by atoms with Gasteiger partial charge in [0.25, 0.3) is 0 Å². The van der Waals surface area contributed by atoms with Crippen LogP contribution in [0.25, 0.3) is 22.3 Å². The number of anilines is 1. The average Bonchev–Trinajstić information content (AvgIpc) is 3.21. The van der Waals surface area contributed by atoms with Gasteiger partial charge in [-0.3, -0.25) is 19.7 Å². The quantitative estimate of drug-likeness (QED) is 0.652. The molecule has 3 aromatic heterocycles. The van der Waals surface area contributed by atoms with Gasteiger partial charge in [-0.25, -0.2) is 9.97 Å². The molecule has 6 rings (SSSR count). The van der Waals surface area contributed by atoms with Crippen LogP contribution in [0.15, 0.2) is 43.0 Å². The molecule has 3 aromatic rings. The van der Waals surface area contributed by atoms with Crippen LogP contribution in [0.5, 0.6) is 0 Å². The molecule has 0 radical (unpaired) electrons. The number of hydrogen-bond acceptors (Lipinski definition) is 7. The summed E-state index contributed by atoms with van der Waals surface area (Å²) < 4.78 is 0. The first-order valence-corrected chi connectivity index (χ1v) is 11.2. The summed E-state index contributed by atoms with van der Waals surface area (Å²) in [5, 5.41) is 1.05. The molecule has 2 aliphatic heterocycles. The van der Waals surface area contributed by atoms with Crippen LogP contribution >= 0.6 is 0 Å². The molecule has 1 aliphatic carbocycles. The highest BCUT2D eigenvalue weighted by Gasteiger charge is 2.45. The molecule has 0 bridgehead atoms. The molecule has 0 N–H and O–H groups in total. The summed E-state index contributed by atoms with van der Waals surface area (Å²) >= 11 is 0. The monoisotopic (exact) mass is 414 g/mol.